The molecule has 1 saturated heterocycles. The van der Waals surface area contributed by atoms with Crippen molar-refractivity contribution in [2.75, 3.05) is 11.2 Å². The average molecular weight is 493 g/mol. The van der Waals surface area contributed by atoms with E-state index in [9.17, 15) is 17.6 Å². The fourth-order valence-corrected chi connectivity index (χ4v) is 5.67. The predicted molar refractivity (Wildman–Crippen MR) is 133 cm³/mol. The first-order valence-electron chi connectivity index (χ1n) is 11.2. The number of benzene rings is 3. The first-order valence-corrected chi connectivity index (χ1v) is 13.0. The van der Waals surface area contributed by atoms with E-state index in [4.69, 9.17) is 0 Å². The molecule has 9 heteroatoms. The molecule has 4 aromatic rings. The summed E-state index contributed by atoms with van der Waals surface area (Å²) in [6, 6.07) is 19.8. The van der Waals surface area contributed by atoms with E-state index in [1.807, 2.05) is 48.5 Å². The van der Waals surface area contributed by atoms with Crippen LogP contribution in [0.5, 0.6) is 0 Å². The molecule has 0 saturated carbocycles. The van der Waals surface area contributed by atoms with E-state index in [2.05, 4.69) is 9.82 Å². The van der Waals surface area contributed by atoms with Crippen LogP contribution in [0.15, 0.2) is 79.0 Å². The summed E-state index contributed by atoms with van der Waals surface area (Å²) in [7, 11) is -3.58. The lowest BCUT2D eigenvalue weighted by molar-refractivity contribution is -0.124. The van der Waals surface area contributed by atoms with Crippen LogP contribution in [-0.2, 0) is 14.8 Å². The van der Waals surface area contributed by atoms with Gasteiger partial charge in [0.15, 0.2) is 0 Å². The molecular weight excluding hydrogens is 467 g/mol. The molecular formula is C26H25FN4O3S. The molecule has 1 unspecified atom stereocenters. The van der Waals surface area contributed by atoms with Crippen molar-refractivity contribution < 1.29 is 17.6 Å². The molecule has 3 aromatic carbocycles. The number of anilines is 1. The van der Waals surface area contributed by atoms with Crippen molar-refractivity contribution in [3.8, 4) is 5.69 Å². The van der Waals surface area contributed by atoms with E-state index >= 15 is 0 Å². The van der Waals surface area contributed by atoms with E-state index in [0.29, 0.717) is 11.4 Å². The number of fused-ring (bicyclic) bond motifs is 1. The number of aromatic nitrogens is 2. The number of nitrogens with one attached hydrogen (secondary N) is 1. The molecule has 2 heterocycles. The van der Waals surface area contributed by atoms with Crippen LogP contribution in [-0.4, -0.2) is 36.4 Å². The Bertz CT molecular complexity index is 1520. The van der Waals surface area contributed by atoms with Gasteiger partial charge in [-0.2, -0.15) is 5.10 Å². The summed E-state index contributed by atoms with van der Waals surface area (Å²) < 4.78 is 42.3. The van der Waals surface area contributed by atoms with Gasteiger partial charge in [0.25, 0.3) is 0 Å². The van der Waals surface area contributed by atoms with Crippen molar-refractivity contribution in [2.45, 2.75) is 25.9 Å². The molecule has 2 atom stereocenters. The summed E-state index contributed by atoms with van der Waals surface area (Å²) in [6.45, 7) is 3.53. The number of amides is 1. The normalized spacial score (nSPS) is 20.0. The minimum Gasteiger partial charge on any atom is -0.303 e. The number of carbonyl (C=O) groups excluding carboxylic acids is 1. The largest absolute Gasteiger partial charge is 0.303 e. The minimum absolute atomic E-state index is 0.183. The highest BCUT2D eigenvalue weighted by Gasteiger charge is 2.55. The number of carbonyl (C=O) groups is 1. The highest BCUT2D eigenvalue weighted by molar-refractivity contribution is 7.88. The lowest BCUT2D eigenvalue weighted by Gasteiger charge is -2.30. The second-order valence-electron chi connectivity index (χ2n) is 9.40. The highest BCUT2D eigenvalue weighted by Crippen LogP contribution is 2.47. The smallest absolute Gasteiger partial charge is 0.234 e. The van der Waals surface area contributed by atoms with Gasteiger partial charge in [-0.05, 0) is 61.9 Å². The lowest BCUT2D eigenvalue weighted by Crippen LogP contribution is -2.45. The minimum atomic E-state index is -3.58. The Labute approximate surface area is 203 Å². The van der Waals surface area contributed by atoms with Crippen LogP contribution in [0.2, 0.25) is 0 Å². The number of rotatable bonds is 5. The molecule has 180 valence electrons. The molecule has 0 bridgehead atoms. The van der Waals surface area contributed by atoms with Crippen LogP contribution in [0, 0.1) is 11.2 Å². The zero-order valence-corrected chi connectivity index (χ0v) is 20.3. The summed E-state index contributed by atoms with van der Waals surface area (Å²) in [5.74, 6) is -0.510. The van der Waals surface area contributed by atoms with E-state index in [0.717, 1.165) is 22.7 Å². The van der Waals surface area contributed by atoms with Crippen LogP contribution >= 0.6 is 0 Å². The van der Waals surface area contributed by atoms with Crippen molar-refractivity contribution in [1.82, 2.24) is 14.5 Å². The van der Waals surface area contributed by atoms with Crippen molar-refractivity contribution in [3.05, 3.63) is 90.4 Å². The van der Waals surface area contributed by atoms with Gasteiger partial charge in [0, 0.05) is 11.1 Å². The third kappa shape index (κ3) is 4.11. The monoisotopic (exact) mass is 492 g/mol. The molecule has 1 fully saturated rings. The maximum atomic E-state index is 13.7. The topological polar surface area (TPSA) is 84.3 Å². The summed E-state index contributed by atoms with van der Waals surface area (Å²) >= 11 is 0. The SMILES string of the molecule is CC1(C)C(=O)N(c2ccc3c(cnn3-c3ccc(F)cc3)c2)C(c2ccccc2)[C@@H]1NS(C)(=O)=O. The van der Waals surface area contributed by atoms with E-state index in [1.165, 1.54) is 12.1 Å². The van der Waals surface area contributed by atoms with Gasteiger partial charge < -0.3 is 4.90 Å². The van der Waals surface area contributed by atoms with Gasteiger partial charge >= 0.3 is 0 Å². The van der Waals surface area contributed by atoms with Crippen molar-refractivity contribution in [3.63, 3.8) is 0 Å². The van der Waals surface area contributed by atoms with E-state index in [1.54, 1.807) is 41.8 Å². The fraction of sp³-hybridized carbons (Fsp3) is 0.231. The van der Waals surface area contributed by atoms with Crippen molar-refractivity contribution >= 4 is 32.5 Å². The van der Waals surface area contributed by atoms with Crippen LogP contribution in [0.3, 0.4) is 0 Å². The first-order chi connectivity index (χ1) is 16.6. The van der Waals surface area contributed by atoms with Crippen LogP contribution in [0.25, 0.3) is 16.6 Å². The number of nitrogens with zero attached hydrogens (tertiary/aromatic N) is 3. The Kier molecular flexibility index (Phi) is 5.49. The zero-order chi connectivity index (χ0) is 25.0. The molecule has 1 aliphatic heterocycles. The number of hydrogen-bond donors (Lipinski definition) is 1. The molecule has 0 spiro atoms. The van der Waals surface area contributed by atoms with Gasteiger partial charge in [0.1, 0.15) is 5.82 Å². The molecule has 5 rings (SSSR count). The fourth-order valence-electron chi connectivity index (χ4n) is 4.78. The Balaban J connectivity index is 1.63. The molecule has 1 amide bonds. The average Bonchev–Trinajstić information content (AvgIpc) is 3.31. The third-order valence-electron chi connectivity index (χ3n) is 6.52. The maximum Gasteiger partial charge on any atom is 0.234 e. The number of sulfonamides is 1. The lowest BCUT2D eigenvalue weighted by atomic mass is 9.83. The van der Waals surface area contributed by atoms with Gasteiger partial charge in [0.2, 0.25) is 15.9 Å². The summed E-state index contributed by atoms with van der Waals surface area (Å²) in [4.78, 5) is 15.4. The van der Waals surface area contributed by atoms with Crippen LogP contribution < -0.4 is 9.62 Å². The second-order valence-corrected chi connectivity index (χ2v) is 11.2. The van der Waals surface area contributed by atoms with Gasteiger partial charge in [-0.3, -0.25) is 4.79 Å². The molecule has 1 aromatic heterocycles. The Morgan fingerprint density at radius 2 is 1.63 bits per heavy atom. The maximum absolute atomic E-state index is 13.7. The quantitative estimate of drug-likeness (QED) is 0.453. The number of hydrogen-bond acceptors (Lipinski definition) is 4. The van der Waals surface area contributed by atoms with E-state index in [-0.39, 0.29) is 11.7 Å². The van der Waals surface area contributed by atoms with Crippen molar-refractivity contribution in [1.29, 1.82) is 0 Å². The summed E-state index contributed by atoms with van der Waals surface area (Å²) in [6.07, 6.45) is 2.80. The highest BCUT2D eigenvalue weighted by atomic mass is 32.2. The molecule has 1 aliphatic rings. The second kappa shape index (κ2) is 8.28. The van der Waals surface area contributed by atoms with Crippen molar-refractivity contribution in [2.24, 2.45) is 5.41 Å². The molecule has 7 nitrogen and oxygen atoms in total. The zero-order valence-electron chi connectivity index (χ0n) is 19.5. The van der Waals surface area contributed by atoms with Gasteiger partial charge in [0.05, 0.1) is 41.2 Å². The molecule has 35 heavy (non-hydrogen) atoms. The van der Waals surface area contributed by atoms with Gasteiger partial charge in [-0.15, -0.1) is 0 Å². The standard InChI is InChI=1S/C26H25FN4O3S/c1-26(2)24(29-35(3,33)34)23(17-7-5-4-6-8-17)30(25(26)32)21-13-14-22-18(15-21)16-28-31(22)20-11-9-19(27)10-12-20/h4-16,23-24,29H,1-3H3/t23?,24-/m0/s1. The molecule has 0 aliphatic carbocycles. The van der Waals surface area contributed by atoms with Gasteiger partial charge in [-0.25, -0.2) is 22.2 Å². The summed E-state index contributed by atoms with van der Waals surface area (Å²) in [5.41, 5.74) is 1.99. The van der Waals surface area contributed by atoms with E-state index < -0.39 is 27.5 Å². The number of halogens is 1. The van der Waals surface area contributed by atoms with Crippen LogP contribution in [0.4, 0.5) is 10.1 Å². The molecule has 1 N–H and O–H groups in total. The Morgan fingerprint density at radius 3 is 2.29 bits per heavy atom. The first kappa shape index (κ1) is 23.2. The van der Waals surface area contributed by atoms with Crippen LogP contribution in [0.1, 0.15) is 25.5 Å². The van der Waals surface area contributed by atoms with Gasteiger partial charge in [-0.1, -0.05) is 30.3 Å². The Hall–Kier alpha value is -3.56. The Morgan fingerprint density at radius 1 is 0.971 bits per heavy atom. The molecule has 0 radical (unpaired) electrons. The third-order valence-corrected chi connectivity index (χ3v) is 7.21. The predicted octanol–water partition coefficient (Wildman–Crippen LogP) is 4.20. The summed E-state index contributed by atoms with van der Waals surface area (Å²) in [5, 5.41) is 5.25.